The van der Waals surface area contributed by atoms with Gasteiger partial charge in [0.1, 0.15) is 11.6 Å². The largest absolute Gasteiger partial charge is 0.491 e. The third-order valence-electron chi connectivity index (χ3n) is 6.70. The Morgan fingerprint density at radius 1 is 1.22 bits per heavy atom. The van der Waals surface area contributed by atoms with Crippen LogP contribution in [0.1, 0.15) is 57.8 Å². The molecule has 0 aliphatic carbocycles. The molecule has 36 heavy (non-hydrogen) atoms. The molecule has 2 saturated heterocycles. The van der Waals surface area contributed by atoms with Crippen LogP contribution in [0.25, 0.3) is 11.3 Å². The van der Waals surface area contributed by atoms with Crippen molar-refractivity contribution in [3.05, 3.63) is 42.0 Å². The van der Waals surface area contributed by atoms with Gasteiger partial charge in [0.2, 0.25) is 0 Å². The maximum absolute atomic E-state index is 13.4. The SMILES string of the molecule is CC(C)Oc1cccc(-c2ccc(C(=O)NS(=O)(=O)N3CC[C@H](N)C3)c(N3C[C@@H](C)CC3(C)C)n2)c1. The Morgan fingerprint density at radius 2 is 1.97 bits per heavy atom. The number of nitrogens with two attached hydrogens (primary N) is 1. The highest BCUT2D eigenvalue weighted by Gasteiger charge is 2.40. The zero-order chi connectivity index (χ0) is 26.3. The minimum absolute atomic E-state index is 0.0360. The zero-order valence-corrected chi connectivity index (χ0v) is 22.5. The van der Waals surface area contributed by atoms with Crippen LogP contribution in [0.5, 0.6) is 5.75 Å². The summed E-state index contributed by atoms with van der Waals surface area (Å²) >= 11 is 0. The van der Waals surface area contributed by atoms with Gasteiger partial charge in [0.25, 0.3) is 5.91 Å². The van der Waals surface area contributed by atoms with Gasteiger partial charge in [0.15, 0.2) is 0 Å². The molecule has 1 amide bonds. The molecule has 2 fully saturated rings. The summed E-state index contributed by atoms with van der Waals surface area (Å²) in [5.41, 5.74) is 7.39. The first kappa shape index (κ1) is 26.4. The van der Waals surface area contributed by atoms with Gasteiger partial charge in [0.05, 0.1) is 17.4 Å². The summed E-state index contributed by atoms with van der Waals surface area (Å²) in [6, 6.07) is 10.8. The highest BCUT2D eigenvalue weighted by molar-refractivity contribution is 7.87. The number of nitrogens with one attached hydrogen (secondary N) is 1. The van der Waals surface area contributed by atoms with Crippen LogP contribution in [0.2, 0.25) is 0 Å². The molecule has 3 heterocycles. The van der Waals surface area contributed by atoms with Gasteiger partial charge in [0, 0.05) is 36.8 Å². The van der Waals surface area contributed by atoms with Gasteiger partial charge in [-0.2, -0.15) is 12.7 Å². The molecule has 0 radical (unpaired) electrons. The van der Waals surface area contributed by atoms with E-state index in [0.29, 0.717) is 36.9 Å². The average molecular weight is 516 g/mol. The van der Waals surface area contributed by atoms with Crippen molar-refractivity contribution in [2.45, 2.75) is 65.1 Å². The highest BCUT2D eigenvalue weighted by Crippen LogP contribution is 2.38. The minimum atomic E-state index is -4.01. The molecule has 9 nitrogen and oxygen atoms in total. The van der Waals surface area contributed by atoms with Crippen molar-refractivity contribution in [2.75, 3.05) is 24.5 Å². The third-order valence-corrected chi connectivity index (χ3v) is 8.15. The molecule has 10 heteroatoms. The van der Waals surface area contributed by atoms with Gasteiger partial charge in [-0.15, -0.1) is 0 Å². The van der Waals surface area contributed by atoms with E-state index in [-0.39, 0.29) is 29.8 Å². The van der Waals surface area contributed by atoms with E-state index in [1.807, 2.05) is 38.1 Å². The molecule has 2 aliphatic rings. The number of hydrogen-bond acceptors (Lipinski definition) is 7. The summed E-state index contributed by atoms with van der Waals surface area (Å²) in [6.07, 6.45) is 1.53. The summed E-state index contributed by atoms with van der Waals surface area (Å²) in [5.74, 6) is 0.913. The smallest absolute Gasteiger partial charge is 0.304 e. The van der Waals surface area contributed by atoms with Crippen molar-refractivity contribution >= 4 is 21.9 Å². The molecule has 1 aromatic heterocycles. The van der Waals surface area contributed by atoms with E-state index in [9.17, 15) is 13.2 Å². The quantitative estimate of drug-likeness (QED) is 0.581. The Labute approximate surface area is 214 Å². The molecule has 0 bridgehead atoms. The van der Waals surface area contributed by atoms with Gasteiger partial charge in [-0.1, -0.05) is 19.1 Å². The highest BCUT2D eigenvalue weighted by atomic mass is 32.2. The van der Waals surface area contributed by atoms with Crippen molar-refractivity contribution in [1.29, 1.82) is 0 Å². The number of anilines is 1. The van der Waals surface area contributed by atoms with Gasteiger partial charge in [-0.05, 0) is 70.7 Å². The molecular formula is C26H37N5O4S. The fourth-order valence-electron chi connectivity index (χ4n) is 5.16. The topological polar surface area (TPSA) is 118 Å². The average Bonchev–Trinajstić information content (AvgIpc) is 3.34. The fourth-order valence-corrected chi connectivity index (χ4v) is 6.37. The van der Waals surface area contributed by atoms with Crippen LogP contribution >= 0.6 is 0 Å². The lowest BCUT2D eigenvalue weighted by Gasteiger charge is -2.34. The van der Waals surface area contributed by atoms with Gasteiger partial charge >= 0.3 is 10.2 Å². The van der Waals surface area contributed by atoms with Crippen LogP contribution in [-0.4, -0.2) is 60.9 Å². The monoisotopic (exact) mass is 515 g/mol. The van der Waals surface area contributed by atoms with E-state index in [1.54, 1.807) is 12.1 Å². The number of ether oxygens (including phenoxy) is 1. The number of carbonyl (C=O) groups excluding carboxylic acids is 1. The Morgan fingerprint density at radius 3 is 2.58 bits per heavy atom. The summed E-state index contributed by atoms with van der Waals surface area (Å²) in [6.45, 7) is 11.5. The fraction of sp³-hybridized carbons (Fsp3) is 0.538. The number of benzene rings is 1. The summed E-state index contributed by atoms with van der Waals surface area (Å²) in [4.78, 5) is 20.4. The lowest BCUT2D eigenvalue weighted by molar-refractivity contribution is 0.0979. The van der Waals surface area contributed by atoms with Crippen molar-refractivity contribution in [3.63, 3.8) is 0 Å². The zero-order valence-electron chi connectivity index (χ0n) is 21.7. The predicted octanol–water partition coefficient (Wildman–Crippen LogP) is 3.17. The predicted molar refractivity (Wildman–Crippen MR) is 141 cm³/mol. The second kappa shape index (κ2) is 9.99. The van der Waals surface area contributed by atoms with Crippen LogP contribution in [0.15, 0.2) is 36.4 Å². The van der Waals surface area contributed by atoms with E-state index in [2.05, 4.69) is 30.4 Å². The number of pyridine rings is 1. The third kappa shape index (κ3) is 5.66. The molecule has 3 N–H and O–H groups in total. The van der Waals surface area contributed by atoms with Crippen LogP contribution < -0.4 is 20.1 Å². The first-order valence-electron chi connectivity index (χ1n) is 12.5. The number of aromatic nitrogens is 1. The van der Waals surface area contributed by atoms with E-state index < -0.39 is 16.1 Å². The van der Waals surface area contributed by atoms with Crippen LogP contribution in [0, 0.1) is 5.92 Å². The van der Waals surface area contributed by atoms with Crippen LogP contribution in [-0.2, 0) is 10.2 Å². The van der Waals surface area contributed by atoms with Crippen molar-refractivity contribution in [1.82, 2.24) is 14.0 Å². The normalized spacial score (nSPS) is 22.2. The van der Waals surface area contributed by atoms with Crippen molar-refractivity contribution in [2.24, 2.45) is 11.7 Å². The summed E-state index contributed by atoms with van der Waals surface area (Å²) in [5, 5.41) is 0. The number of nitrogens with zero attached hydrogens (tertiary/aromatic N) is 3. The second-order valence-corrected chi connectivity index (χ2v) is 12.5. The molecule has 196 valence electrons. The van der Waals surface area contributed by atoms with Crippen LogP contribution in [0.4, 0.5) is 5.82 Å². The number of carbonyl (C=O) groups is 1. The molecule has 0 saturated carbocycles. The maximum atomic E-state index is 13.4. The van der Waals surface area contributed by atoms with Crippen molar-refractivity contribution in [3.8, 4) is 17.0 Å². The van der Waals surface area contributed by atoms with Gasteiger partial charge in [-0.25, -0.2) is 9.71 Å². The second-order valence-electron chi connectivity index (χ2n) is 10.8. The number of rotatable bonds is 7. The van der Waals surface area contributed by atoms with Gasteiger partial charge in [-0.3, -0.25) is 4.79 Å². The molecule has 2 atom stereocenters. The molecule has 0 spiro atoms. The summed E-state index contributed by atoms with van der Waals surface area (Å²) < 4.78 is 35.1. The van der Waals surface area contributed by atoms with E-state index in [0.717, 1.165) is 17.7 Å². The van der Waals surface area contributed by atoms with E-state index in [4.69, 9.17) is 15.5 Å². The first-order valence-corrected chi connectivity index (χ1v) is 13.9. The van der Waals surface area contributed by atoms with Crippen molar-refractivity contribution < 1.29 is 17.9 Å². The standard InChI is InChI=1S/C26H37N5O4S/c1-17(2)35-21-8-6-7-19(13-21)23-10-9-22(24(28-23)31-15-18(3)14-26(31,4)5)25(32)29-36(33,34)30-12-11-20(27)16-30/h6-10,13,17-18,20H,11-12,14-16,27H2,1-5H3,(H,29,32)/t18-,20-/m0/s1. The molecule has 0 unspecified atom stereocenters. The summed E-state index contributed by atoms with van der Waals surface area (Å²) in [7, 11) is -4.01. The Hall–Kier alpha value is -2.69. The lowest BCUT2D eigenvalue weighted by atomic mass is 9.97. The number of amides is 1. The molecule has 2 aromatic rings. The molecular weight excluding hydrogens is 478 g/mol. The minimum Gasteiger partial charge on any atom is -0.491 e. The van der Waals surface area contributed by atoms with E-state index >= 15 is 0 Å². The Bertz CT molecular complexity index is 1230. The maximum Gasteiger partial charge on any atom is 0.304 e. The molecule has 1 aromatic carbocycles. The number of hydrogen-bond donors (Lipinski definition) is 2. The van der Waals surface area contributed by atoms with Gasteiger partial charge < -0.3 is 15.4 Å². The molecule has 4 rings (SSSR count). The lowest BCUT2D eigenvalue weighted by Crippen LogP contribution is -2.44. The molecule has 2 aliphatic heterocycles. The van der Waals surface area contributed by atoms with Crippen LogP contribution in [0.3, 0.4) is 0 Å². The Balaban J connectivity index is 1.72. The Kier molecular flexibility index (Phi) is 7.32. The first-order chi connectivity index (χ1) is 16.9. The van der Waals surface area contributed by atoms with E-state index in [1.165, 1.54) is 4.31 Å².